The molecule has 1 unspecified atom stereocenters. The van der Waals surface area contributed by atoms with Crippen molar-refractivity contribution in [2.45, 2.75) is 37.8 Å². The maximum absolute atomic E-state index is 9.18. The average molecular weight is 239 g/mol. The molecule has 90 valence electrons. The van der Waals surface area contributed by atoms with Crippen LogP contribution in [-0.4, -0.2) is 23.5 Å². The number of thioether (sulfide) groups is 1. The number of aliphatic hydroxyl groups is 1. The molecule has 2 nitrogen and oxygen atoms in total. The van der Waals surface area contributed by atoms with E-state index in [2.05, 4.69) is 36.5 Å². The lowest BCUT2D eigenvalue weighted by Gasteiger charge is -2.06. The second-order valence-corrected chi connectivity index (χ2v) is 5.07. The molecule has 1 aromatic rings. The number of rotatable bonds is 7. The third-order valence-electron chi connectivity index (χ3n) is 2.17. The number of nitrogens with one attached hydrogen (secondary N) is 1. The second kappa shape index (κ2) is 7.71. The molecule has 1 aromatic carbocycles. The van der Waals surface area contributed by atoms with Gasteiger partial charge in [-0.1, -0.05) is 19.1 Å². The molecule has 0 aliphatic carbocycles. The van der Waals surface area contributed by atoms with Crippen LogP contribution in [0.25, 0.3) is 0 Å². The lowest BCUT2D eigenvalue weighted by Crippen LogP contribution is -2.13. The lowest BCUT2D eigenvalue weighted by molar-refractivity contribution is 0.220. The van der Waals surface area contributed by atoms with Crippen LogP contribution in [0.15, 0.2) is 29.2 Å². The fourth-order valence-corrected chi connectivity index (χ4v) is 2.09. The minimum Gasteiger partial charge on any atom is -0.393 e. The van der Waals surface area contributed by atoms with Crippen molar-refractivity contribution in [3.05, 3.63) is 29.8 Å². The van der Waals surface area contributed by atoms with Crippen molar-refractivity contribution in [2.24, 2.45) is 0 Å². The predicted molar refractivity (Wildman–Crippen MR) is 70.8 cm³/mol. The first kappa shape index (κ1) is 13.6. The van der Waals surface area contributed by atoms with Crippen molar-refractivity contribution in [3.63, 3.8) is 0 Å². The quantitative estimate of drug-likeness (QED) is 0.567. The summed E-state index contributed by atoms with van der Waals surface area (Å²) >= 11 is 1.70. The summed E-state index contributed by atoms with van der Waals surface area (Å²) in [5, 5.41) is 12.6. The van der Waals surface area contributed by atoms with Crippen LogP contribution in [-0.2, 0) is 6.54 Å². The fourth-order valence-electron chi connectivity index (χ4n) is 1.33. The van der Waals surface area contributed by atoms with Gasteiger partial charge in [0.25, 0.3) is 0 Å². The van der Waals surface area contributed by atoms with Crippen molar-refractivity contribution in [3.8, 4) is 0 Å². The van der Waals surface area contributed by atoms with E-state index >= 15 is 0 Å². The van der Waals surface area contributed by atoms with Gasteiger partial charge in [-0.05, 0) is 37.6 Å². The minimum absolute atomic E-state index is 0.240. The van der Waals surface area contributed by atoms with Crippen LogP contribution in [0.2, 0.25) is 0 Å². The SMILES string of the molecule is CCCNCc1ccc(SCC(C)O)cc1. The zero-order chi connectivity index (χ0) is 11.8. The van der Waals surface area contributed by atoms with E-state index in [9.17, 15) is 5.11 Å². The van der Waals surface area contributed by atoms with Crippen molar-refractivity contribution in [1.82, 2.24) is 5.32 Å². The van der Waals surface area contributed by atoms with Crippen molar-refractivity contribution in [2.75, 3.05) is 12.3 Å². The van der Waals surface area contributed by atoms with Crippen LogP contribution in [0.5, 0.6) is 0 Å². The first-order chi connectivity index (χ1) is 7.72. The molecule has 0 saturated carbocycles. The summed E-state index contributed by atoms with van der Waals surface area (Å²) in [6.45, 7) is 5.99. The summed E-state index contributed by atoms with van der Waals surface area (Å²) in [5.41, 5.74) is 1.31. The maximum Gasteiger partial charge on any atom is 0.0606 e. The van der Waals surface area contributed by atoms with Crippen molar-refractivity contribution in [1.29, 1.82) is 0 Å². The largest absolute Gasteiger partial charge is 0.393 e. The van der Waals surface area contributed by atoms with Gasteiger partial charge in [-0.25, -0.2) is 0 Å². The summed E-state index contributed by atoms with van der Waals surface area (Å²) < 4.78 is 0. The molecule has 0 aromatic heterocycles. The van der Waals surface area contributed by atoms with E-state index in [1.165, 1.54) is 16.9 Å². The van der Waals surface area contributed by atoms with Gasteiger partial charge in [-0.2, -0.15) is 0 Å². The topological polar surface area (TPSA) is 32.3 Å². The summed E-state index contributed by atoms with van der Waals surface area (Å²) in [6.07, 6.45) is 0.929. The summed E-state index contributed by atoms with van der Waals surface area (Å²) in [4.78, 5) is 1.22. The Balaban J connectivity index is 2.35. The van der Waals surface area contributed by atoms with E-state index in [1.807, 2.05) is 6.92 Å². The predicted octanol–water partition coefficient (Wildman–Crippen LogP) is 2.66. The molecule has 0 heterocycles. The molecule has 2 N–H and O–H groups in total. The third kappa shape index (κ3) is 5.54. The fraction of sp³-hybridized carbons (Fsp3) is 0.538. The Morgan fingerprint density at radius 3 is 2.56 bits per heavy atom. The number of benzene rings is 1. The van der Waals surface area contributed by atoms with Crippen LogP contribution in [0.1, 0.15) is 25.8 Å². The normalized spacial score (nSPS) is 12.7. The molecule has 3 heteroatoms. The molecule has 0 saturated heterocycles. The van der Waals surface area contributed by atoms with Crippen LogP contribution in [0, 0.1) is 0 Å². The van der Waals surface area contributed by atoms with Gasteiger partial charge >= 0.3 is 0 Å². The molecule has 0 spiro atoms. The van der Waals surface area contributed by atoms with Crippen LogP contribution in [0.3, 0.4) is 0 Å². The van der Waals surface area contributed by atoms with E-state index in [0.29, 0.717) is 0 Å². The van der Waals surface area contributed by atoms with E-state index in [0.717, 1.165) is 18.8 Å². The molecular formula is C13H21NOS. The third-order valence-corrected chi connectivity index (χ3v) is 3.43. The number of aliphatic hydroxyl groups excluding tert-OH is 1. The summed E-state index contributed by atoms with van der Waals surface area (Å²) in [6, 6.07) is 8.53. The molecule has 1 rings (SSSR count). The first-order valence-corrected chi connectivity index (χ1v) is 6.81. The molecule has 0 aliphatic heterocycles. The molecule has 16 heavy (non-hydrogen) atoms. The van der Waals surface area contributed by atoms with E-state index < -0.39 is 0 Å². The van der Waals surface area contributed by atoms with Gasteiger partial charge in [-0.3, -0.25) is 0 Å². The average Bonchev–Trinajstić information content (AvgIpc) is 2.28. The highest BCUT2D eigenvalue weighted by Crippen LogP contribution is 2.19. The molecule has 1 atom stereocenters. The highest BCUT2D eigenvalue weighted by atomic mass is 32.2. The Morgan fingerprint density at radius 2 is 2.00 bits per heavy atom. The highest BCUT2D eigenvalue weighted by Gasteiger charge is 1.98. The number of hydrogen-bond acceptors (Lipinski definition) is 3. The molecule has 0 amide bonds. The molecule has 0 radical (unpaired) electrons. The van der Waals surface area contributed by atoms with Gasteiger partial charge in [0, 0.05) is 17.2 Å². The van der Waals surface area contributed by atoms with Gasteiger partial charge in [0.15, 0.2) is 0 Å². The Labute approximate surface area is 102 Å². The first-order valence-electron chi connectivity index (χ1n) is 5.83. The summed E-state index contributed by atoms with van der Waals surface area (Å²) in [5.74, 6) is 0.757. The summed E-state index contributed by atoms with van der Waals surface area (Å²) in [7, 11) is 0. The van der Waals surface area contributed by atoms with Gasteiger partial charge in [0.05, 0.1) is 6.10 Å². The molecule has 0 fully saturated rings. The Bertz CT molecular complexity index is 284. The zero-order valence-corrected chi connectivity index (χ0v) is 10.9. The van der Waals surface area contributed by atoms with Crippen LogP contribution in [0.4, 0.5) is 0 Å². The Morgan fingerprint density at radius 1 is 1.31 bits per heavy atom. The van der Waals surface area contributed by atoms with Crippen LogP contribution < -0.4 is 5.32 Å². The standard InChI is InChI=1S/C13H21NOS/c1-3-8-14-9-12-4-6-13(7-5-12)16-10-11(2)15/h4-7,11,14-15H,3,8-10H2,1-2H3. The lowest BCUT2D eigenvalue weighted by atomic mass is 10.2. The zero-order valence-electron chi connectivity index (χ0n) is 10.1. The van der Waals surface area contributed by atoms with Gasteiger partial charge < -0.3 is 10.4 Å². The second-order valence-electron chi connectivity index (χ2n) is 3.98. The van der Waals surface area contributed by atoms with Gasteiger partial charge in [0.1, 0.15) is 0 Å². The minimum atomic E-state index is -0.240. The van der Waals surface area contributed by atoms with E-state index in [1.54, 1.807) is 11.8 Å². The van der Waals surface area contributed by atoms with Crippen molar-refractivity contribution < 1.29 is 5.11 Å². The smallest absolute Gasteiger partial charge is 0.0606 e. The number of hydrogen-bond donors (Lipinski definition) is 2. The monoisotopic (exact) mass is 239 g/mol. The Hall–Kier alpha value is -0.510. The molecule has 0 bridgehead atoms. The van der Waals surface area contributed by atoms with Crippen molar-refractivity contribution >= 4 is 11.8 Å². The van der Waals surface area contributed by atoms with E-state index in [4.69, 9.17) is 0 Å². The molecular weight excluding hydrogens is 218 g/mol. The molecule has 0 aliphatic rings. The highest BCUT2D eigenvalue weighted by molar-refractivity contribution is 7.99. The van der Waals surface area contributed by atoms with Crippen LogP contribution >= 0.6 is 11.8 Å². The Kier molecular flexibility index (Phi) is 6.53. The van der Waals surface area contributed by atoms with E-state index in [-0.39, 0.29) is 6.10 Å². The van der Waals surface area contributed by atoms with Gasteiger partial charge in [-0.15, -0.1) is 11.8 Å². The van der Waals surface area contributed by atoms with Gasteiger partial charge in [0.2, 0.25) is 0 Å². The maximum atomic E-state index is 9.18.